The van der Waals surface area contributed by atoms with E-state index in [0.717, 1.165) is 5.56 Å². The first-order chi connectivity index (χ1) is 7.33. The van der Waals surface area contributed by atoms with Crippen molar-refractivity contribution in [1.82, 2.24) is 4.72 Å². The molecule has 2 unspecified atom stereocenters. The molecule has 90 valence electrons. The molecule has 2 atom stereocenters. The average Bonchev–Trinajstić information content (AvgIpc) is 2.17. The van der Waals surface area contributed by atoms with Gasteiger partial charge in [0.25, 0.3) is 0 Å². The van der Waals surface area contributed by atoms with E-state index in [1.54, 1.807) is 38.1 Å². The molecule has 0 spiro atoms. The number of aliphatic hydroxyl groups excluding tert-OH is 1. The van der Waals surface area contributed by atoms with E-state index >= 15 is 0 Å². The highest BCUT2D eigenvalue weighted by atomic mass is 32.2. The Morgan fingerprint density at radius 3 is 2.12 bits per heavy atom. The summed E-state index contributed by atoms with van der Waals surface area (Å²) in [7, 11) is -3.53. The van der Waals surface area contributed by atoms with Crippen molar-refractivity contribution in [1.29, 1.82) is 0 Å². The Balaban J connectivity index is 2.90. The summed E-state index contributed by atoms with van der Waals surface area (Å²) in [6, 6.07) is 6.06. The summed E-state index contributed by atoms with van der Waals surface area (Å²) in [6.07, 6.45) is -0.722. The molecular weight excluding hydrogens is 226 g/mol. The average molecular weight is 243 g/mol. The molecule has 1 aromatic rings. The minimum atomic E-state index is -3.53. The number of nitrogens with one attached hydrogen (secondary N) is 1. The zero-order valence-electron chi connectivity index (χ0n) is 9.64. The molecule has 0 aliphatic carbocycles. The van der Waals surface area contributed by atoms with Crippen LogP contribution in [0.4, 0.5) is 0 Å². The Hall–Kier alpha value is -0.910. The number of benzene rings is 1. The number of aliphatic hydroxyl groups is 1. The highest BCUT2D eigenvalue weighted by Crippen LogP contribution is 2.10. The van der Waals surface area contributed by atoms with Crippen molar-refractivity contribution in [3.05, 3.63) is 29.8 Å². The third-order valence-electron chi connectivity index (χ3n) is 2.40. The van der Waals surface area contributed by atoms with Crippen LogP contribution in [0, 0.1) is 6.92 Å². The van der Waals surface area contributed by atoms with Crippen LogP contribution in [0.1, 0.15) is 19.4 Å². The number of rotatable bonds is 4. The van der Waals surface area contributed by atoms with Crippen LogP contribution in [-0.4, -0.2) is 25.7 Å². The summed E-state index contributed by atoms with van der Waals surface area (Å²) < 4.78 is 26.1. The third kappa shape index (κ3) is 3.30. The lowest BCUT2D eigenvalue weighted by atomic mass is 10.2. The topological polar surface area (TPSA) is 66.4 Å². The van der Waals surface area contributed by atoms with Gasteiger partial charge in [-0.15, -0.1) is 0 Å². The molecular formula is C11H17NO3S. The van der Waals surface area contributed by atoms with E-state index in [1.807, 2.05) is 6.92 Å². The molecule has 0 heterocycles. The highest BCUT2D eigenvalue weighted by Gasteiger charge is 2.19. The molecule has 0 aromatic heterocycles. The summed E-state index contributed by atoms with van der Waals surface area (Å²) in [6.45, 7) is 5.06. The number of hydrogen-bond acceptors (Lipinski definition) is 3. The minimum absolute atomic E-state index is 0.214. The maximum absolute atomic E-state index is 11.8. The quantitative estimate of drug-likeness (QED) is 0.830. The first-order valence-electron chi connectivity index (χ1n) is 5.10. The van der Waals surface area contributed by atoms with Gasteiger partial charge in [0.1, 0.15) is 0 Å². The van der Waals surface area contributed by atoms with Gasteiger partial charge in [-0.05, 0) is 32.9 Å². The van der Waals surface area contributed by atoms with Gasteiger partial charge in [0.15, 0.2) is 0 Å². The van der Waals surface area contributed by atoms with Gasteiger partial charge in [-0.25, -0.2) is 13.1 Å². The Morgan fingerprint density at radius 1 is 1.19 bits per heavy atom. The molecule has 0 saturated carbocycles. The fourth-order valence-corrected chi connectivity index (χ4v) is 2.45. The number of aryl methyl sites for hydroxylation is 1. The Bertz CT molecular complexity index is 437. The van der Waals surface area contributed by atoms with E-state index in [-0.39, 0.29) is 4.90 Å². The lowest BCUT2D eigenvalue weighted by Gasteiger charge is -2.16. The number of sulfonamides is 1. The van der Waals surface area contributed by atoms with Crippen molar-refractivity contribution in [3.63, 3.8) is 0 Å². The second kappa shape index (κ2) is 4.95. The van der Waals surface area contributed by atoms with Gasteiger partial charge in [0, 0.05) is 6.04 Å². The van der Waals surface area contributed by atoms with Crippen LogP contribution in [0.25, 0.3) is 0 Å². The summed E-state index contributed by atoms with van der Waals surface area (Å²) in [5.74, 6) is 0. The second-order valence-electron chi connectivity index (χ2n) is 3.96. The molecule has 0 aliphatic heterocycles. The maximum atomic E-state index is 11.8. The Morgan fingerprint density at radius 2 is 1.69 bits per heavy atom. The van der Waals surface area contributed by atoms with Crippen LogP contribution < -0.4 is 4.72 Å². The molecule has 2 N–H and O–H groups in total. The first kappa shape index (κ1) is 13.2. The van der Waals surface area contributed by atoms with Gasteiger partial charge in [-0.3, -0.25) is 0 Å². The molecule has 0 amide bonds. The lowest BCUT2D eigenvalue weighted by Crippen LogP contribution is -2.39. The first-order valence-corrected chi connectivity index (χ1v) is 6.58. The molecule has 0 aliphatic rings. The molecule has 4 nitrogen and oxygen atoms in total. The molecule has 0 saturated heterocycles. The molecule has 1 aromatic carbocycles. The van der Waals surface area contributed by atoms with Crippen LogP contribution >= 0.6 is 0 Å². The SMILES string of the molecule is Cc1ccc(S(=O)(=O)NC(C)C(C)O)cc1. The molecule has 16 heavy (non-hydrogen) atoms. The summed E-state index contributed by atoms with van der Waals surface area (Å²) >= 11 is 0. The molecule has 0 fully saturated rings. The molecule has 1 rings (SSSR count). The van der Waals surface area contributed by atoms with Gasteiger partial charge >= 0.3 is 0 Å². The summed E-state index contributed by atoms with van der Waals surface area (Å²) in [4.78, 5) is 0.214. The predicted octanol–water partition coefficient (Wildman–Crippen LogP) is 1.04. The summed E-state index contributed by atoms with van der Waals surface area (Å²) in [5.41, 5.74) is 1.00. The number of hydrogen-bond donors (Lipinski definition) is 2. The van der Waals surface area contributed by atoms with Crippen LogP contribution in [0.15, 0.2) is 29.2 Å². The molecule has 0 bridgehead atoms. The highest BCUT2D eigenvalue weighted by molar-refractivity contribution is 7.89. The Kier molecular flexibility index (Phi) is 4.07. The van der Waals surface area contributed by atoms with Crippen molar-refractivity contribution >= 4 is 10.0 Å². The van der Waals surface area contributed by atoms with Gasteiger partial charge < -0.3 is 5.11 Å². The third-order valence-corrected chi connectivity index (χ3v) is 3.97. The van der Waals surface area contributed by atoms with E-state index in [2.05, 4.69) is 4.72 Å². The van der Waals surface area contributed by atoms with Crippen molar-refractivity contribution in [2.75, 3.05) is 0 Å². The van der Waals surface area contributed by atoms with E-state index in [9.17, 15) is 13.5 Å². The normalized spacial score (nSPS) is 15.8. The van der Waals surface area contributed by atoms with Crippen molar-refractivity contribution in [2.45, 2.75) is 37.8 Å². The predicted molar refractivity (Wildman–Crippen MR) is 62.6 cm³/mol. The summed E-state index contributed by atoms with van der Waals surface area (Å²) in [5, 5.41) is 9.25. The van der Waals surface area contributed by atoms with E-state index in [1.165, 1.54) is 0 Å². The van der Waals surface area contributed by atoms with Crippen molar-refractivity contribution < 1.29 is 13.5 Å². The zero-order valence-corrected chi connectivity index (χ0v) is 10.5. The van der Waals surface area contributed by atoms with Crippen molar-refractivity contribution in [2.24, 2.45) is 0 Å². The fraction of sp³-hybridized carbons (Fsp3) is 0.455. The van der Waals surface area contributed by atoms with Crippen molar-refractivity contribution in [3.8, 4) is 0 Å². The standard InChI is InChI=1S/C11H17NO3S/c1-8-4-6-11(7-5-8)16(14,15)12-9(2)10(3)13/h4-7,9-10,12-13H,1-3H3. The van der Waals surface area contributed by atoms with Gasteiger partial charge in [-0.2, -0.15) is 0 Å². The van der Waals surface area contributed by atoms with E-state index in [0.29, 0.717) is 0 Å². The van der Waals surface area contributed by atoms with Crippen LogP contribution in [0.2, 0.25) is 0 Å². The van der Waals surface area contributed by atoms with Gasteiger partial charge in [0.05, 0.1) is 11.0 Å². The molecule has 0 radical (unpaired) electrons. The maximum Gasteiger partial charge on any atom is 0.240 e. The van der Waals surface area contributed by atoms with Gasteiger partial charge in [-0.1, -0.05) is 17.7 Å². The van der Waals surface area contributed by atoms with E-state index in [4.69, 9.17) is 0 Å². The smallest absolute Gasteiger partial charge is 0.240 e. The van der Waals surface area contributed by atoms with E-state index < -0.39 is 22.2 Å². The van der Waals surface area contributed by atoms with Crippen LogP contribution in [0.3, 0.4) is 0 Å². The molecule has 5 heteroatoms. The Labute approximate surface area is 96.4 Å². The minimum Gasteiger partial charge on any atom is -0.392 e. The zero-order chi connectivity index (χ0) is 12.3. The van der Waals surface area contributed by atoms with Crippen LogP contribution in [-0.2, 0) is 10.0 Å². The van der Waals surface area contributed by atoms with Crippen LogP contribution in [0.5, 0.6) is 0 Å². The monoisotopic (exact) mass is 243 g/mol. The largest absolute Gasteiger partial charge is 0.392 e. The fourth-order valence-electron chi connectivity index (χ4n) is 1.13. The van der Waals surface area contributed by atoms with Gasteiger partial charge in [0.2, 0.25) is 10.0 Å². The lowest BCUT2D eigenvalue weighted by molar-refractivity contribution is 0.163. The second-order valence-corrected chi connectivity index (χ2v) is 5.68.